The molecule has 0 aliphatic rings. The molecule has 0 saturated carbocycles. The zero-order valence-electron chi connectivity index (χ0n) is 14.2. The minimum absolute atomic E-state index is 0.281. The molecule has 8 heteroatoms. The number of ether oxygens (including phenoxy) is 1. The fourth-order valence-electron chi connectivity index (χ4n) is 2.43. The second-order valence-corrected chi connectivity index (χ2v) is 6.31. The number of carbonyl (C=O) groups excluding carboxylic acids is 1. The minimum Gasteiger partial charge on any atom is -0.465 e. The molecule has 0 saturated heterocycles. The van der Waals surface area contributed by atoms with Gasteiger partial charge in [0.25, 0.3) is 5.91 Å². The number of pyridine rings is 1. The van der Waals surface area contributed by atoms with Crippen molar-refractivity contribution in [1.82, 2.24) is 14.9 Å². The van der Waals surface area contributed by atoms with Gasteiger partial charge in [0.15, 0.2) is 0 Å². The summed E-state index contributed by atoms with van der Waals surface area (Å²) in [6.45, 7) is 6.21. The largest absolute Gasteiger partial charge is 0.465 e. The van der Waals surface area contributed by atoms with Crippen molar-refractivity contribution in [2.45, 2.75) is 26.3 Å². The Morgan fingerprint density at radius 2 is 2.12 bits per heavy atom. The fraction of sp³-hybridized carbons (Fsp3) is 0.438. The fourth-order valence-corrected chi connectivity index (χ4v) is 2.43. The number of methoxy groups -OCH3 is 1. The molecule has 0 bridgehead atoms. The molecule has 2 aromatic heterocycles. The highest BCUT2D eigenvalue weighted by atomic mass is 16.5. The van der Waals surface area contributed by atoms with Crippen LogP contribution >= 0.6 is 0 Å². The summed E-state index contributed by atoms with van der Waals surface area (Å²) < 4.78 is 6.44. The third-order valence-corrected chi connectivity index (χ3v) is 3.46. The van der Waals surface area contributed by atoms with Crippen molar-refractivity contribution in [3.63, 3.8) is 0 Å². The first kappa shape index (κ1) is 17.7. The zero-order valence-corrected chi connectivity index (χ0v) is 14.2. The Hall–Kier alpha value is -2.61. The molecule has 0 atom stereocenters. The molecule has 2 amide bonds. The molecular formula is C16H22N4O4. The number of hydrogen-bond donors (Lipinski definition) is 2. The lowest BCUT2D eigenvalue weighted by atomic mass is 10.1. The summed E-state index contributed by atoms with van der Waals surface area (Å²) in [6.07, 6.45) is 2.04. The summed E-state index contributed by atoms with van der Waals surface area (Å²) in [7, 11) is 1.56. The van der Waals surface area contributed by atoms with Crippen molar-refractivity contribution in [2.75, 3.05) is 25.2 Å². The van der Waals surface area contributed by atoms with E-state index in [9.17, 15) is 14.7 Å². The van der Waals surface area contributed by atoms with Crippen molar-refractivity contribution in [3.05, 3.63) is 30.1 Å². The Morgan fingerprint density at radius 3 is 2.71 bits per heavy atom. The Morgan fingerprint density at radius 1 is 1.42 bits per heavy atom. The van der Waals surface area contributed by atoms with E-state index in [0.717, 1.165) is 0 Å². The molecule has 0 radical (unpaired) electrons. The quantitative estimate of drug-likeness (QED) is 0.815. The summed E-state index contributed by atoms with van der Waals surface area (Å²) in [4.78, 5) is 25.1. The van der Waals surface area contributed by atoms with Gasteiger partial charge >= 0.3 is 6.09 Å². The SMILES string of the molecule is COCCNC(=O)c1cnn2ccc(N(C(=O)O)C(C)(C)C)cc12. The second kappa shape index (κ2) is 6.88. The van der Waals surface area contributed by atoms with E-state index in [2.05, 4.69) is 10.4 Å². The molecule has 24 heavy (non-hydrogen) atoms. The smallest absolute Gasteiger partial charge is 0.412 e. The van der Waals surface area contributed by atoms with Crippen LogP contribution in [0.4, 0.5) is 10.5 Å². The Labute approximate surface area is 140 Å². The van der Waals surface area contributed by atoms with Gasteiger partial charge in [0.2, 0.25) is 0 Å². The molecule has 130 valence electrons. The van der Waals surface area contributed by atoms with E-state index in [-0.39, 0.29) is 5.91 Å². The van der Waals surface area contributed by atoms with Gasteiger partial charge in [-0.1, -0.05) is 0 Å². The Balaban J connectivity index is 2.41. The van der Waals surface area contributed by atoms with Crippen molar-refractivity contribution < 1.29 is 19.4 Å². The predicted molar refractivity (Wildman–Crippen MR) is 89.7 cm³/mol. The molecule has 0 unspecified atom stereocenters. The van der Waals surface area contributed by atoms with Crippen LogP contribution in [0.25, 0.3) is 5.52 Å². The molecule has 2 rings (SSSR count). The molecular weight excluding hydrogens is 312 g/mol. The average molecular weight is 334 g/mol. The molecule has 8 nitrogen and oxygen atoms in total. The van der Waals surface area contributed by atoms with Gasteiger partial charge in [-0.05, 0) is 32.9 Å². The van der Waals surface area contributed by atoms with Gasteiger partial charge in [-0.25, -0.2) is 9.31 Å². The number of carbonyl (C=O) groups is 2. The number of carboxylic acid groups (broad SMARTS) is 1. The maximum absolute atomic E-state index is 12.3. The van der Waals surface area contributed by atoms with Crippen LogP contribution in [0.2, 0.25) is 0 Å². The summed E-state index contributed by atoms with van der Waals surface area (Å²) in [5, 5.41) is 16.4. The third-order valence-electron chi connectivity index (χ3n) is 3.46. The van der Waals surface area contributed by atoms with Crippen LogP contribution < -0.4 is 10.2 Å². The lowest BCUT2D eigenvalue weighted by Gasteiger charge is -2.33. The van der Waals surface area contributed by atoms with Crippen LogP contribution in [0.5, 0.6) is 0 Å². The summed E-state index contributed by atoms with van der Waals surface area (Å²) >= 11 is 0. The van der Waals surface area contributed by atoms with E-state index in [0.29, 0.717) is 29.9 Å². The van der Waals surface area contributed by atoms with E-state index >= 15 is 0 Å². The van der Waals surface area contributed by atoms with Gasteiger partial charge in [0, 0.05) is 25.4 Å². The molecule has 0 aliphatic heterocycles. The Bertz CT molecular complexity index is 748. The van der Waals surface area contributed by atoms with Gasteiger partial charge in [-0.2, -0.15) is 5.10 Å². The van der Waals surface area contributed by atoms with Gasteiger partial charge in [-0.3, -0.25) is 9.69 Å². The highest BCUT2D eigenvalue weighted by molar-refractivity contribution is 6.01. The second-order valence-electron chi connectivity index (χ2n) is 6.31. The number of anilines is 1. The van der Waals surface area contributed by atoms with E-state index in [1.165, 1.54) is 15.6 Å². The van der Waals surface area contributed by atoms with Crippen LogP contribution in [0.1, 0.15) is 31.1 Å². The number of nitrogens with one attached hydrogen (secondary N) is 1. The summed E-state index contributed by atoms with van der Waals surface area (Å²) in [5.41, 5.74) is 0.782. The van der Waals surface area contributed by atoms with Crippen molar-refractivity contribution >= 4 is 23.2 Å². The normalized spacial score (nSPS) is 11.5. The molecule has 2 aromatic rings. The van der Waals surface area contributed by atoms with Gasteiger partial charge in [0.05, 0.1) is 29.6 Å². The van der Waals surface area contributed by atoms with Crippen LogP contribution in [0.15, 0.2) is 24.5 Å². The molecule has 2 heterocycles. The zero-order chi connectivity index (χ0) is 17.9. The molecule has 0 fully saturated rings. The highest BCUT2D eigenvalue weighted by Crippen LogP contribution is 2.26. The van der Waals surface area contributed by atoms with Crippen LogP contribution in [-0.4, -0.2) is 52.5 Å². The maximum Gasteiger partial charge on any atom is 0.412 e. The lowest BCUT2D eigenvalue weighted by molar-refractivity contribution is 0.0938. The van der Waals surface area contributed by atoms with Gasteiger partial charge in [-0.15, -0.1) is 0 Å². The predicted octanol–water partition coefficient (Wildman–Crippen LogP) is 1.99. The number of nitrogens with zero attached hydrogens (tertiary/aromatic N) is 3. The average Bonchev–Trinajstić information content (AvgIpc) is 2.88. The lowest BCUT2D eigenvalue weighted by Crippen LogP contribution is -2.45. The van der Waals surface area contributed by atoms with E-state index in [1.807, 2.05) is 0 Å². The summed E-state index contributed by atoms with van der Waals surface area (Å²) in [5.74, 6) is -0.281. The minimum atomic E-state index is -1.06. The molecule has 2 N–H and O–H groups in total. The number of fused-ring (bicyclic) bond motifs is 1. The molecule has 0 aromatic carbocycles. The van der Waals surface area contributed by atoms with Crippen LogP contribution in [0, 0.1) is 0 Å². The monoisotopic (exact) mass is 334 g/mol. The maximum atomic E-state index is 12.3. The standard InChI is InChI=1S/C16H22N4O4/c1-16(2,3)20(15(22)23)11-5-7-19-13(9-11)12(10-18-19)14(21)17-6-8-24-4/h5,7,9-10H,6,8H2,1-4H3,(H,17,21)(H,22,23). The first-order chi connectivity index (χ1) is 11.3. The molecule has 0 aliphatic carbocycles. The van der Waals surface area contributed by atoms with Crippen LogP contribution in [-0.2, 0) is 4.74 Å². The van der Waals surface area contributed by atoms with Crippen molar-refractivity contribution in [2.24, 2.45) is 0 Å². The highest BCUT2D eigenvalue weighted by Gasteiger charge is 2.28. The van der Waals surface area contributed by atoms with Gasteiger partial charge < -0.3 is 15.2 Å². The van der Waals surface area contributed by atoms with E-state index in [4.69, 9.17) is 4.74 Å². The van der Waals surface area contributed by atoms with Gasteiger partial charge in [0.1, 0.15) is 0 Å². The Kier molecular flexibility index (Phi) is 5.08. The number of rotatable bonds is 5. The number of hydrogen-bond acceptors (Lipinski definition) is 4. The number of amides is 2. The van der Waals surface area contributed by atoms with Crippen molar-refractivity contribution in [3.8, 4) is 0 Å². The third kappa shape index (κ3) is 3.65. The topological polar surface area (TPSA) is 96.2 Å². The number of aromatic nitrogens is 2. The van der Waals surface area contributed by atoms with Crippen molar-refractivity contribution in [1.29, 1.82) is 0 Å². The van der Waals surface area contributed by atoms with Crippen LogP contribution in [0.3, 0.4) is 0 Å². The summed E-state index contributed by atoms with van der Waals surface area (Å²) in [6, 6.07) is 3.31. The van der Waals surface area contributed by atoms with E-state index < -0.39 is 11.6 Å². The first-order valence-electron chi connectivity index (χ1n) is 7.53. The molecule has 0 spiro atoms. The van der Waals surface area contributed by atoms with E-state index in [1.54, 1.807) is 46.2 Å². The first-order valence-corrected chi connectivity index (χ1v) is 7.53.